The van der Waals surface area contributed by atoms with Crippen LogP contribution in [0.5, 0.6) is 23.0 Å². The third-order valence-corrected chi connectivity index (χ3v) is 4.93. The van der Waals surface area contributed by atoms with Crippen molar-refractivity contribution in [3.05, 3.63) is 47.7 Å². The van der Waals surface area contributed by atoms with Crippen LogP contribution in [-0.2, 0) is 0 Å². The molecule has 6 heteroatoms. The lowest BCUT2D eigenvalue weighted by Gasteiger charge is -2.26. The smallest absolute Gasteiger partial charge is 0.174 e. The largest absolute Gasteiger partial charge is 0.495 e. The van der Waals surface area contributed by atoms with Crippen molar-refractivity contribution in [1.29, 1.82) is 0 Å². The van der Waals surface area contributed by atoms with Gasteiger partial charge in [-0.15, -0.1) is 0 Å². The number of benzene rings is 2. The van der Waals surface area contributed by atoms with Crippen LogP contribution in [0, 0.1) is 0 Å². The van der Waals surface area contributed by atoms with E-state index in [1.165, 1.54) is 0 Å². The molecule has 4 rings (SSSR count). The highest BCUT2D eigenvalue weighted by atomic mass is 16.5. The zero-order valence-electron chi connectivity index (χ0n) is 15.4. The Morgan fingerprint density at radius 1 is 1.04 bits per heavy atom. The van der Waals surface area contributed by atoms with Gasteiger partial charge in [-0.1, -0.05) is 0 Å². The summed E-state index contributed by atoms with van der Waals surface area (Å²) in [7, 11) is 4.70. The summed E-state index contributed by atoms with van der Waals surface area (Å²) in [5.74, 6) is 1.93. The van der Waals surface area contributed by atoms with E-state index in [4.69, 9.17) is 23.4 Å². The van der Waals surface area contributed by atoms with Crippen molar-refractivity contribution in [3.63, 3.8) is 0 Å². The molecule has 0 spiro atoms. The molecule has 2 aromatic carbocycles. The molecule has 0 amide bonds. The minimum atomic E-state index is -0.355. The lowest BCUT2D eigenvalue weighted by atomic mass is 9.85. The van der Waals surface area contributed by atoms with Gasteiger partial charge in [0, 0.05) is 11.6 Å². The molecule has 1 aliphatic heterocycles. The maximum Gasteiger partial charge on any atom is 0.174 e. The van der Waals surface area contributed by atoms with Crippen LogP contribution < -0.4 is 18.9 Å². The minimum Gasteiger partial charge on any atom is -0.495 e. The van der Waals surface area contributed by atoms with Gasteiger partial charge in [0.2, 0.25) is 0 Å². The van der Waals surface area contributed by atoms with E-state index in [-0.39, 0.29) is 11.7 Å². The summed E-state index contributed by atoms with van der Waals surface area (Å²) >= 11 is 0. The van der Waals surface area contributed by atoms with Crippen molar-refractivity contribution >= 4 is 16.8 Å². The third kappa shape index (κ3) is 2.77. The van der Waals surface area contributed by atoms with Crippen LogP contribution in [0.2, 0.25) is 0 Å². The Labute approximate surface area is 156 Å². The highest BCUT2D eigenvalue weighted by Gasteiger charge is 2.32. The summed E-state index contributed by atoms with van der Waals surface area (Å²) in [5, 5.41) is 0.781. The molecule has 6 nitrogen and oxygen atoms in total. The van der Waals surface area contributed by atoms with Crippen LogP contribution >= 0.6 is 0 Å². The Morgan fingerprint density at radius 2 is 1.81 bits per heavy atom. The second-order valence-electron chi connectivity index (χ2n) is 6.28. The molecule has 0 aliphatic carbocycles. The number of methoxy groups -OCH3 is 3. The molecule has 0 unspecified atom stereocenters. The Bertz CT molecular complexity index is 1000. The van der Waals surface area contributed by atoms with Crippen molar-refractivity contribution < 1.29 is 28.2 Å². The highest BCUT2D eigenvalue weighted by Crippen LogP contribution is 2.44. The van der Waals surface area contributed by atoms with E-state index in [1.54, 1.807) is 51.9 Å². The number of hydrogen-bond acceptors (Lipinski definition) is 6. The van der Waals surface area contributed by atoms with Gasteiger partial charge in [-0.05, 0) is 30.7 Å². The normalized spacial score (nSPS) is 15.7. The van der Waals surface area contributed by atoms with Crippen LogP contribution in [0.15, 0.2) is 41.0 Å². The van der Waals surface area contributed by atoms with E-state index < -0.39 is 0 Å². The van der Waals surface area contributed by atoms with Gasteiger partial charge < -0.3 is 23.4 Å². The van der Waals surface area contributed by atoms with E-state index in [2.05, 4.69) is 0 Å². The van der Waals surface area contributed by atoms with Gasteiger partial charge in [0.15, 0.2) is 17.3 Å². The molecule has 0 saturated heterocycles. The molecule has 1 atom stereocenters. The topological polar surface area (TPSA) is 67.1 Å². The number of fused-ring (bicyclic) bond motifs is 2. The van der Waals surface area contributed by atoms with Crippen LogP contribution in [0.1, 0.15) is 28.3 Å². The fourth-order valence-electron chi connectivity index (χ4n) is 3.61. The number of Topliss-reactive ketones (excluding diaryl/α,β-unsaturated/α-hetero) is 1. The zero-order valence-corrected chi connectivity index (χ0v) is 15.4. The van der Waals surface area contributed by atoms with Gasteiger partial charge >= 0.3 is 0 Å². The minimum absolute atomic E-state index is 0.0216. The molecule has 2 heterocycles. The molecule has 0 N–H and O–H groups in total. The molecule has 27 heavy (non-hydrogen) atoms. The first-order chi connectivity index (χ1) is 13.2. The predicted octanol–water partition coefficient (Wildman–Crippen LogP) is 4.21. The van der Waals surface area contributed by atoms with E-state index >= 15 is 0 Å². The second-order valence-corrected chi connectivity index (χ2v) is 6.28. The van der Waals surface area contributed by atoms with Crippen LogP contribution in [0.3, 0.4) is 0 Å². The average Bonchev–Trinajstić information content (AvgIpc) is 3.19. The number of ether oxygens (including phenoxy) is 4. The molecule has 0 fully saturated rings. The first kappa shape index (κ1) is 17.3. The number of carbonyl (C=O) groups excluding carboxylic acids is 1. The first-order valence-electron chi connectivity index (χ1n) is 8.65. The summed E-state index contributed by atoms with van der Waals surface area (Å²) in [5.41, 5.74) is 2.00. The Morgan fingerprint density at radius 3 is 2.56 bits per heavy atom. The van der Waals surface area contributed by atoms with Crippen molar-refractivity contribution in [2.75, 3.05) is 27.9 Å². The summed E-state index contributed by atoms with van der Waals surface area (Å²) in [6, 6.07) is 8.93. The molecule has 0 radical (unpaired) electrons. The summed E-state index contributed by atoms with van der Waals surface area (Å²) in [4.78, 5) is 13.4. The molecule has 140 valence electrons. The second kappa shape index (κ2) is 6.87. The summed E-state index contributed by atoms with van der Waals surface area (Å²) in [6.45, 7) is 0.454. The number of carbonyl (C=O) groups is 1. The van der Waals surface area contributed by atoms with Gasteiger partial charge in [0.05, 0.1) is 51.1 Å². The summed E-state index contributed by atoms with van der Waals surface area (Å²) < 4.78 is 27.5. The Hall–Kier alpha value is -3.15. The number of rotatable bonds is 5. The third-order valence-electron chi connectivity index (χ3n) is 4.93. The molecule has 3 aromatic rings. The van der Waals surface area contributed by atoms with E-state index in [0.717, 1.165) is 10.9 Å². The molecule has 0 saturated carbocycles. The van der Waals surface area contributed by atoms with E-state index in [0.29, 0.717) is 47.2 Å². The van der Waals surface area contributed by atoms with Crippen LogP contribution in [0.25, 0.3) is 11.0 Å². The van der Waals surface area contributed by atoms with Crippen molar-refractivity contribution in [1.82, 2.24) is 0 Å². The average molecular weight is 368 g/mol. The fraction of sp³-hybridized carbons (Fsp3) is 0.286. The zero-order chi connectivity index (χ0) is 19.0. The van der Waals surface area contributed by atoms with E-state index in [9.17, 15) is 4.79 Å². The molecular weight excluding hydrogens is 348 g/mol. The fourth-order valence-corrected chi connectivity index (χ4v) is 3.61. The maximum absolute atomic E-state index is 13.4. The first-order valence-corrected chi connectivity index (χ1v) is 8.65. The Kier molecular flexibility index (Phi) is 4.39. The van der Waals surface area contributed by atoms with Gasteiger partial charge in [-0.3, -0.25) is 4.79 Å². The number of furan rings is 1. The Balaban J connectivity index is 1.80. The lowest BCUT2D eigenvalue weighted by molar-refractivity contribution is 0.0930. The molecule has 1 aromatic heterocycles. The van der Waals surface area contributed by atoms with Gasteiger partial charge in [-0.25, -0.2) is 0 Å². The lowest BCUT2D eigenvalue weighted by Crippen LogP contribution is -2.22. The highest BCUT2D eigenvalue weighted by molar-refractivity contribution is 6.07. The molecule has 0 bridgehead atoms. The quantitative estimate of drug-likeness (QED) is 0.629. The van der Waals surface area contributed by atoms with Gasteiger partial charge in [-0.2, -0.15) is 0 Å². The van der Waals surface area contributed by atoms with Gasteiger partial charge in [0.1, 0.15) is 17.1 Å². The number of hydrogen-bond donors (Lipinski definition) is 0. The van der Waals surface area contributed by atoms with Crippen LogP contribution in [-0.4, -0.2) is 33.7 Å². The van der Waals surface area contributed by atoms with Crippen molar-refractivity contribution in [2.45, 2.75) is 12.3 Å². The van der Waals surface area contributed by atoms with Crippen LogP contribution in [0.4, 0.5) is 0 Å². The standard InChI is InChI=1S/C21H20O6/c1-23-18-10-15-12(6-8-27-17(15)11-19(18)24-2)20(22)14-4-5-16-13(7-9-26-16)21(14)25-3/h4-5,7,9-12H,6,8H2,1-3H3/t12-/m0/s1. The number of ketones is 1. The van der Waals surface area contributed by atoms with Gasteiger partial charge in [0.25, 0.3) is 0 Å². The SMILES string of the molecule is COc1cc2c(cc1OC)[C@@H](C(=O)c1ccc3occc3c1OC)CCO2. The predicted molar refractivity (Wildman–Crippen MR) is 99.5 cm³/mol. The summed E-state index contributed by atoms with van der Waals surface area (Å²) in [6.07, 6.45) is 2.16. The maximum atomic E-state index is 13.4. The molecular formula is C21H20O6. The van der Waals surface area contributed by atoms with Crippen molar-refractivity contribution in [2.24, 2.45) is 0 Å². The van der Waals surface area contributed by atoms with E-state index in [1.807, 2.05) is 6.07 Å². The monoisotopic (exact) mass is 368 g/mol. The van der Waals surface area contributed by atoms with Crippen molar-refractivity contribution in [3.8, 4) is 23.0 Å². The molecule has 1 aliphatic rings.